The lowest BCUT2D eigenvalue weighted by Crippen LogP contribution is -2.54. The second-order valence-corrected chi connectivity index (χ2v) is 7.13. The molecule has 1 amide bonds. The average Bonchev–Trinajstić information content (AvgIpc) is 2.91. The molecule has 3 rings (SSSR count). The highest BCUT2D eigenvalue weighted by atomic mass is 32.1. The van der Waals surface area contributed by atoms with Gasteiger partial charge in [-0.3, -0.25) is 14.5 Å². The Hall–Kier alpha value is -1.99. The van der Waals surface area contributed by atoms with Crippen molar-refractivity contribution in [3.63, 3.8) is 0 Å². The number of nitrogens with one attached hydrogen (secondary N) is 1. The Bertz CT molecular complexity index is 770. The van der Waals surface area contributed by atoms with Crippen molar-refractivity contribution in [2.45, 2.75) is 31.8 Å². The fourth-order valence-corrected chi connectivity index (χ4v) is 4.01. The fourth-order valence-electron chi connectivity index (χ4n) is 3.06. The molecule has 1 fully saturated rings. The number of hydrogen-bond acceptors (Lipinski definition) is 4. The maximum atomic E-state index is 13.2. The number of carboxylic acids is 1. The number of thiophene rings is 1. The smallest absolute Gasteiger partial charge is 0.317 e. The molecule has 1 saturated carbocycles. The number of carbonyl (C=O) groups is 2. The monoisotopic (exact) mass is 350 g/mol. The van der Waals surface area contributed by atoms with Gasteiger partial charge < -0.3 is 10.4 Å². The Labute approximate surface area is 143 Å². The first-order chi connectivity index (χ1) is 11.5. The molecule has 0 atom stereocenters. The predicted octanol–water partition coefficient (Wildman–Crippen LogP) is 2.71. The Balaban J connectivity index is 1.57. The zero-order chi connectivity index (χ0) is 17.3. The molecule has 24 heavy (non-hydrogen) atoms. The summed E-state index contributed by atoms with van der Waals surface area (Å²) in [5, 5.41) is 12.6. The third-order valence-corrected chi connectivity index (χ3v) is 5.53. The first-order valence-electron chi connectivity index (χ1n) is 7.92. The van der Waals surface area contributed by atoms with Crippen LogP contribution in [0.4, 0.5) is 4.39 Å². The van der Waals surface area contributed by atoms with Crippen molar-refractivity contribution in [2.24, 2.45) is 0 Å². The molecule has 1 aliphatic rings. The van der Waals surface area contributed by atoms with E-state index >= 15 is 0 Å². The minimum Gasteiger partial charge on any atom is -0.480 e. The molecule has 0 radical (unpaired) electrons. The van der Waals surface area contributed by atoms with Gasteiger partial charge in [0.1, 0.15) is 5.82 Å². The topological polar surface area (TPSA) is 69.6 Å². The fraction of sp³-hybridized carbons (Fsp3) is 0.412. The quantitative estimate of drug-likeness (QED) is 0.840. The van der Waals surface area contributed by atoms with Crippen molar-refractivity contribution in [1.29, 1.82) is 0 Å². The lowest BCUT2D eigenvalue weighted by atomic mass is 9.85. The van der Waals surface area contributed by atoms with E-state index in [1.54, 1.807) is 12.1 Å². The normalized spacial score (nSPS) is 20.1. The van der Waals surface area contributed by atoms with E-state index in [0.717, 1.165) is 22.9 Å². The largest absolute Gasteiger partial charge is 0.480 e. The van der Waals surface area contributed by atoms with Crippen molar-refractivity contribution in [1.82, 2.24) is 10.2 Å². The van der Waals surface area contributed by atoms with Crippen LogP contribution in [0.15, 0.2) is 24.3 Å². The van der Waals surface area contributed by atoms with Gasteiger partial charge in [-0.2, -0.15) is 0 Å². The molecule has 128 valence electrons. The van der Waals surface area contributed by atoms with E-state index in [1.807, 2.05) is 11.8 Å². The van der Waals surface area contributed by atoms with Gasteiger partial charge in [0.15, 0.2) is 0 Å². The summed E-state index contributed by atoms with van der Waals surface area (Å²) in [6.07, 6.45) is 1.51. The molecule has 0 unspecified atom stereocenters. The third-order valence-electron chi connectivity index (χ3n) is 4.41. The summed E-state index contributed by atoms with van der Waals surface area (Å²) in [5.41, 5.74) is 0. The highest BCUT2D eigenvalue weighted by Gasteiger charge is 2.34. The maximum absolute atomic E-state index is 13.2. The van der Waals surface area contributed by atoms with Crippen molar-refractivity contribution in [3.05, 3.63) is 35.0 Å². The van der Waals surface area contributed by atoms with E-state index in [9.17, 15) is 14.0 Å². The van der Waals surface area contributed by atoms with Crippen molar-refractivity contribution in [3.8, 4) is 0 Å². The molecule has 0 saturated heterocycles. The van der Waals surface area contributed by atoms with Crippen LogP contribution in [-0.2, 0) is 4.79 Å². The van der Waals surface area contributed by atoms with E-state index in [2.05, 4.69) is 5.32 Å². The van der Waals surface area contributed by atoms with Crippen LogP contribution in [0.25, 0.3) is 10.1 Å². The zero-order valence-electron chi connectivity index (χ0n) is 13.3. The van der Waals surface area contributed by atoms with Crippen LogP contribution < -0.4 is 5.32 Å². The molecule has 0 aliphatic heterocycles. The number of likely N-dealkylation sites (N-methyl/N-ethyl adjacent to an activating group) is 1. The molecule has 1 aliphatic carbocycles. The van der Waals surface area contributed by atoms with Gasteiger partial charge in [0, 0.05) is 16.8 Å². The highest BCUT2D eigenvalue weighted by Crippen LogP contribution is 2.29. The van der Waals surface area contributed by atoms with Crippen LogP contribution >= 0.6 is 11.3 Å². The van der Waals surface area contributed by atoms with Gasteiger partial charge >= 0.3 is 5.97 Å². The summed E-state index contributed by atoms with van der Waals surface area (Å²) in [6, 6.07) is 6.46. The summed E-state index contributed by atoms with van der Waals surface area (Å²) in [7, 11) is 0. The second kappa shape index (κ2) is 6.86. The van der Waals surface area contributed by atoms with Gasteiger partial charge in [-0.1, -0.05) is 6.92 Å². The van der Waals surface area contributed by atoms with E-state index in [-0.39, 0.29) is 30.4 Å². The molecule has 2 N–H and O–H groups in total. The van der Waals surface area contributed by atoms with Crippen molar-refractivity contribution < 1.29 is 19.1 Å². The molecular formula is C17H19FN2O3S. The minimum absolute atomic E-state index is 0.0315. The number of hydrogen-bond donors (Lipinski definition) is 2. The van der Waals surface area contributed by atoms with Gasteiger partial charge in [0.05, 0.1) is 11.4 Å². The SMILES string of the molecule is CCN(CC(=O)O)C1CC(NC(=O)c2cc3cc(F)ccc3s2)C1. The van der Waals surface area contributed by atoms with Crippen molar-refractivity contribution in [2.75, 3.05) is 13.1 Å². The Kier molecular flexibility index (Phi) is 4.82. The third kappa shape index (κ3) is 3.57. The predicted molar refractivity (Wildman–Crippen MR) is 90.9 cm³/mol. The van der Waals surface area contributed by atoms with Gasteiger partial charge in [0.25, 0.3) is 5.91 Å². The number of rotatable bonds is 6. The number of carboxylic acid groups (broad SMARTS) is 1. The van der Waals surface area contributed by atoms with Gasteiger partial charge in [0.2, 0.25) is 0 Å². The number of benzene rings is 1. The van der Waals surface area contributed by atoms with Crippen LogP contribution in [-0.4, -0.2) is 47.1 Å². The first kappa shape index (κ1) is 16.9. The number of halogens is 1. The number of carbonyl (C=O) groups excluding carboxylic acids is 1. The first-order valence-corrected chi connectivity index (χ1v) is 8.73. The molecule has 5 nitrogen and oxygen atoms in total. The summed E-state index contributed by atoms with van der Waals surface area (Å²) < 4.78 is 14.1. The molecule has 7 heteroatoms. The molecule has 2 aromatic rings. The van der Waals surface area contributed by atoms with Gasteiger partial charge in [-0.25, -0.2) is 4.39 Å². The number of amides is 1. The molecule has 0 spiro atoms. The lowest BCUT2D eigenvalue weighted by Gasteiger charge is -2.42. The van der Waals surface area contributed by atoms with Crippen LogP contribution in [0.3, 0.4) is 0 Å². The van der Waals surface area contributed by atoms with E-state index < -0.39 is 5.97 Å². The molecule has 1 aromatic carbocycles. The van der Waals surface area contributed by atoms with E-state index in [0.29, 0.717) is 11.4 Å². The average molecular weight is 350 g/mol. The molecule has 1 aromatic heterocycles. The van der Waals surface area contributed by atoms with Crippen molar-refractivity contribution >= 4 is 33.3 Å². The van der Waals surface area contributed by atoms with Gasteiger partial charge in [-0.05, 0) is 49.0 Å². The lowest BCUT2D eigenvalue weighted by molar-refractivity contribution is -0.139. The summed E-state index contributed by atoms with van der Waals surface area (Å²) in [6.45, 7) is 2.65. The summed E-state index contributed by atoms with van der Waals surface area (Å²) >= 11 is 1.34. The Morgan fingerprint density at radius 1 is 1.38 bits per heavy atom. The summed E-state index contributed by atoms with van der Waals surface area (Å²) in [4.78, 5) is 25.6. The van der Waals surface area contributed by atoms with Crippen LogP contribution in [0, 0.1) is 5.82 Å². The van der Waals surface area contributed by atoms with Crippen LogP contribution in [0.5, 0.6) is 0 Å². The molecule has 1 heterocycles. The standard InChI is InChI=1S/C17H19FN2O3S/c1-2-20(9-16(21)22)13-7-12(8-13)19-17(23)15-6-10-5-11(18)3-4-14(10)24-15/h3-6,12-13H,2,7-9H2,1H3,(H,19,23)(H,21,22). The number of fused-ring (bicyclic) bond motifs is 1. The van der Waals surface area contributed by atoms with E-state index in [1.165, 1.54) is 23.5 Å². The number of nitrogens with zero attached hydrogens (tertiary/aromatic N) is 1. The Morgan fingerprint density at radius 2 is 2.12 bits per heavy atom. The molecular weight excluding hydrogens is 331 g/mol. The van der Waals surface area contributed by atoms with Gasteiger partial charge in [-0.15, -0.1) is 11.3 Å². The van der Waals surface area contributed by atoms with Crippen LogP contribution in [0.2, 0.25) is 0 Å². The maximum Gasteiger partial charge on any atom is 0.317 e. The highest BCUT2D eigenvalue weighted by molar-refractivity contribution is 7.20. The van der Waals surface area contributed by atoms with Crippen LogP contribution in [0.1, 0.15) is 29.4 Å². The molecule has 0 bridgehead atoms. The van der Waals surface area contributed by atoms with E-state index in [4.69, 9.17) is 5.11 Å². The minimum atomic E-state index is -0.832. The zero-order valence-corrected chi connectivity index (χ0v) is 14.1. The summed E-state index contributed by atoms with van der Waals surface area (Å²) in [5.74, 6) is -1.30. The second-order valence-electron chi connectivity index (χ2n) is 6.05. The number of aliphatic carboxylic acids is 1. The Morgan fingerprint density at radius 3 is 2.79 bits per heavy atom.